The summed E-state index contributed by atoms with van der Waals surface area (Å²) < 4.78 is 16.3. The Morgan fingerprint density at radius 1 is 1.00 bits per heavy atom. The molecule has 0 radical (unpaired) electrons. The van der Waals surface area contributed by atoms with Crippen LogP contribution in [-0.4, -0.2) is 50.0 Å². The number of likely N-dealkylation sites (tertiary alicyclic amines) is 1. The lowest BCUT2D eigenvalue weighted by Gasteiger charge is -2.32. The van der Waals surface area contributed by atoms with Crippen molar-refractivity contribution in [2.45, 2.75) is 44.4 Å². The zero-order chi connectivity index (χ0) is 20.5. The molecule has 1 N–H and O–H groups in total. The summed E-state index contributed by atoms with van der Waals surface area (Å²) in [5, 5.41) is 10.6. The lowest BCUT2D eigenvalue weighted by Crippen LogP contribution is -2.37. The minimum Gasteiger partial charge on any atom is -0.497 e. The van der Waals surface area contributed by atoms with Crippen LogP contribution >= 0.6 is 0 Å². The molecule has 2 atom stereocenters. The first-order valence-electron chi connectivity index (χ1n) is 10.5. The van der Waals surface area contributed by atoms with Crippen LogP contribution in [0.2, 0.25) is 0 Å². The van der Waals surface area contributed by atoms with Gasteiger partial charge in [-0.2, -0.15) is 0 Å². The molecule has 0 aliphatic carbocycles. The number of β-amino-alcohol motifs (C(OH)–C–C–N with tert-alkyl or cyclic N) is 1. The number of methoxy groups -OCH3 is 2. The van der Waals surface area contributed by atoms with Crippen LogP contribution < -0.4 is 9.47 Å². The van der Waals surface area contributed by atoms with E-state index in [2.05, 4.69) is 17.0 Å². The number of hydrogen-bond acceptors (Lipinski definition) is 5. The Morgan fingerprint density at radius 2 is 1.79 bits per heavy atom. The number of ether oxygens (including phenoxy) is 3. The summed E-state index contributed by atoms with van der Waals surface area (Å²) in [6, 6.07) is 16.5. The van der Waals surface area contributed by atoms with Crippen molar-refractivity contribution in [1.82, 2.24) is 4.90 Å². The zero-order valence-electron chi connectivity index (χ0n) is 17.5. The molecule has 1 fully saturated rings. The summed E-state index contributed by atoms with van der Waals surface area (Å²) in [6.45, 7) is 2.41. The maximum atomic E-state index is 10.6. The molecule has 5 heteroatoms. The van der Waals surface area contributed by atoms with E-state index in [9.17, 15) is 5.11 Å². The van der Waals surface area contributed by atoms with Gasteiger partial charge in [-0.15, -0.1) is 0 Å². The number of rotatable bonds is 9. The highest BCUT2D eigenvalue weighted by Gasteiger charge is 2.24. The molecule has 5 nitrogen and oxygen atoms in total. The molecule has 0 spiro atoms. The Balaban J connectivity index is 1.54. The Morgan fingerprint density at radius 3 is 2.55 bits per heavy atom. The van der Waals surface area contributed by atoms with Crippen LogP contribution in [0.1, 0.15) is 42.9 Å². The number of hydrogen-bond donors (Lipinski definition) is 1. The van der Waals surface area contributed by atoms with E-state index in [-0.39, 0.29) is 0 Å². The molecular formula is C24H33NO4. The van der Waals surface area contributed by atoms with E-state index in [0.29, 0.717) is 25.8 Å². The van der Waals surface area contributed by atoms with Gasteiger partial charge in [0.1, 0.15) is 11.5 Å². The zero-order valence-corrected chi connectivity index (χ0v) is 17.5. The summed E-state index contributed by atoms with van der Waals surface area (Å²) in [5.41, 5.74) is 2.33. The van der Waals surface area contributed by atoms with Crippen molar-refractivity contribution in [2.75, 3.05) is 33.9 Å². The van der Waals surface area contributed by atoms with Crippen LogP contribution in [0, 0.1) is 0 Å². The fraction of sp³-hybridized carbons (Fsp3) is 0.500. The van der Waals surface area contributed by atoms with E-state index in [1.807, 2.05) is 36.4 Å². The number of benzene rings is 2. The van der Waals surface area contributed by atoms with Crippen LogP contribution in [0.3, 0.4) is 0 Å². The molecule has 158 valence electrons. The topological polar surface area (TPSA) is 51.2 Å². The molecule has 2 aromatic carbocycles. The average molecular weight is 400 g/mol. The van der Waals surface area contributed by atoms with Crippen molar-refractivity contribution < 1.29 is 19.3 Å². The van der Waals surface area contributed by atoms with Crippen LogP contribution in [0.25, 0.3) is 0 Å². The van der Waals surface area contributed by atoms with Crippen molar-refractivity contribution in [3.8, 4) is 11.5 Å². The van der Waals surface area contributed by atoms with Gasteiger partial charge >= 0.3 is 0 Å². The molecule has 29 heavy (non-hydrogen) atoms. The van der Waals surface area contributed by atoms with Crippen LogP contribution in [0.5, 0.6) is 11.5 Å². The van der Waals surface area contributed by atoms with E-state index < -0.39 is 6.10 Å². The van der Waals surface area contributed by atoms with E-state index in [1.165, 1.54) is 24.8 Å². The Hall–Kier alpha value is -2.08. The minimum absolute atomic E-state index is 0.322. The van der Waals surface area contributed by atoms with E-state index in [1.54, 1.807) is 14.2 Å². The van der Waals surface area contributed by atoms with E-state index in [4.69, 9.17) is 14.2 Å². The van der Waals surface area contributed by atoms with Gasteiger partial charge in [0, 0.05) is 12.6 Å². The fourth-order valence-electron chi connectivity index (χ4n) is 3.99. The second-order valence-electron chi connectivity index (χ2n) is 7.65. The molecule has 0 aromatic heterocycles. The molecule has 1 heterocycles. The number of nitrogens with zero attached hydrogens (tertiary/aromatic N) is 1. The lowest BCUT2D eigenvalue weighted by atomic mass is 10.0. The summed E-state index contributed by atoms with van der Waals surface area (Å²) in [6.07, 6.45) is 4.23. The molecule has 0 amide bonds. The van der Waals surface area contributed by atoms with Gasteiger partial charge in [-0.3, -0.25) is 4.90 Å². The lowest BCUT2D eigenvalue weighted by molar-refractivity contribution is 0.00242. The summed E-state index contributed by atoms with van der Waals surface area (Å²) in [5.74, 6) is 1.69. The molecule has 0 bridgehead atoms. The standard InChI is InChI=1S/C24H33NO4/c1-27-22-12-10-20(11-13-22)24-9-4-3-5-14-25(24)16-21(26)18-29-17-19-7-6-8-23(15-19)28-2/h6-8,10-13,15,21,24,26H,3-5,9,14,16-18H2,1-2H3. The first-order valence-corrected chi connectivity index (χ1v) is 10.5. The number of aliphatic hydroxyl groups is 1. The maximum Gasteiger partial charge on any atom is 0.119 e. The van der Waals surface area contributed by atoms with Crippen molar-refractivity contribution >= 4 is 0 Å². The molecular weight excluding hydrogens is 366 g/mol. The third kappa shape index (κ3) is 6.46. The third-order valence-corrected chi connectivity index (χ3v) is 5.52. The fourth-order valence-corrected chi connectivity index (χ4v) is 3.99. The first kappa shape index (κ1) is 21.6. The van der Waals surface area contributed by atoms with Gasteiger partial charge in [0.05, 0.1) is 33.5 Å². The normalized spacial score (nSPS) is 18.8. The summed E-state index contributed by atoms with van der Waals surface area (Å²) in [7, 11) is 3.35. The Labute approximate surface area is 174 Å². The van der Waals surface area contributed by atoms with Gasteiger partial charge in [-0.25, -0.2) is 0 Å². The van der Waals surface area contributed by atoms with Crippen LogP contribution in [0.4, 0.5) is 0 Å². The molecule has 2 aromatic rings. The van der Waals surface area contributed by atoms with Crippen molar-refractivity contribution in [2.24, 2.45) is 0 Å². The SMILES string of the molecule is COc1ccc(C2CCCCCN2CC(O)COCc2cccc(OC)c2)cc1. The monoisotopic (exact) mass is 399 g/mol. The van der Waals surface area contributed by atoms with Gasteiger partial charge in [0.15, 0.2) is 0 Å². The molecule has 1 aliphatic rings. The van der Waals surface area contributed by atoms with E-state index in [0.717, 1.165) is 30.0 Å². The van der Waals surface area contributed by atoms with Crippen LogP contribution in [0.15, 0.2) is 48.5 Å². The Kier molecular flexibility index (Phi) is 8.35. The number of aliphatic hydroxyl groups excluding tert-OH is 1. The largest absolute Gasteiger partial charge is 0.497 e. The van der Waals surface area contributed by atoms with E-state index >= 15 is 0 Å². The highest BCUT2D eigenvalue weighted by atomic mass is 16.5. The Bertz CT molecular complexity index is 734. The predicted molar refractivity (Wildman–Crippen MR) is 114 cm³/mol. The maximum absolute atomic E-state index is 10.6. The third-order valence-electron chi connectivity index (χ3n) is 5.52. The smallest absolute Gasteiger partial charge is 0.119 e. The van der Waals surface area contributed by atoms with Gasteiger partial charge < -0.3 is 19.3 Å². The van der Waals surface area contributed by atoms with Crippen molar-refractivity contribution in [3.05, 3.63) is 59.7 Å². The average Bonchev–Trinajstić information content (AvgIpc) is 2.99. The second kappa shape index (κ2) is 11.2. The van der Waals surface area contributed by atoms with Gasteiger partial charge in [0.25, 0.3) is 0 Å². The van der Waals surface area contributed by atoms with Crippen molar-refractivity contribution in [3.63, 3.8) is 0 Å². The molecule has 1 saturated heterocycles. The molecule has 0 saturated carbocycles. The summed E-state index contributed by atoms with van der Waals surface area (Å²) in [4.78, 5) is 2.41. The quantitative estimate of drug-likeness (QED) is 0.685. The highest BCUT2D eigenvalue weighted by Crippen LogP contribution is 2.31. The van der Waals surface area contributed by atoms with Crippen LogP contribution in [-0.2, 0) is 11.3 Å². The van der Waals surface area contributed by atoms with Gasteiger partial charge in [-0.1, -0.05) is 37.1 Å². The minimum atomic E-state index is -0.514. The summed E-state index contributed by atoms with van der Waals surface area (Å²) >= 11 is 0. The van der Waals surface area contributed by atoms with Gasteiger partial charge in [-0.05, 0) is 54.8 Å². The molecule has 2 unspecified atom stereocenters. The first-order chi connectivity index (χ1) is 14.2. The molecule has 3 rings (SSSR count). The highest BCUT2D eigenvalue weighted by molar-refractivity contribution is 5.29. The van der Waals surface area contributed by atoms with Gasteiger partial charge in [0.2, 0.25) is 0 Å². The predicted octanol–water partition coefficient (Wildman–Crippen LogP) is 4.20. The molecule has 1 aliphatic heterocycles. The van der Waals surface area contributed by atoms with Crippen molar-refractivity contribution in [1.29, 1.82) is 0 Å². The second-order valence-corrected chi connectivity index (χ2v) is 7.65.